The normalized spacial score (nSPS) is 27.3. The molecule has 24 nitrogen and oxygen atoms in total. The Morgan fingerprint density at radius 1 is 0.526 bits per heavy atom. The highest BCUT2D eigenvalue weighted by Gasteiger charge is 2.52. The Morgan fingerprint density at radius 2 is 0.872 bits per heavy atom. The molecule has 3 aromatic rings. The molecule has 78 heavy (non-hydrogen) atoms. The Kier molecular flexibility index (Phi) is 16.9. The summed E-state index contributed by atoms with van der Waals surface area (Å²) in [5.74, 6) is 0.485. The van der Waals surface area contributed by atoms with Crippen molar-refractivity contribution in [2.45, 2.75) is 129 Å². The van der Waals surface area contributed by atoms with Gasteiger partial charge in [-0.05, 0) is 122 Å². The van der Waals surface area contributed by atoms with Crippen molar-refractivity contribution >= 4 is 47.8 Å². The molecule has 424 valence electrons. The third kappa shape index (κ3) is 14.4. The maximum atomic E-state index is 12.5. The zero-order valence-electron chi connectivity index (χ0n) is 46.1. The molecule has 0 unspecified atom stereocenters. The molecular formula is C54H78N14O10. The number of hydrogen-bond acceptors (Lipinski definition) is 19. The van der Waals surface area contributed by atoms with Crippen LogP contribution in [0.2, 0.25) is 0 Å². The van der Waals surface area contributed by atoms with Crippen molar-refractivity contribution in [2.24, 2.45) is 16.2 Å². The van der Waals surface area contributed by atoms with E-state index in [9.17, 15) is 24.0 Å². The number of nitrogens with one attached hydrogen (secondary N) is 4. The highest BCUT2D eigenvalue weighted by molar-refractivity contribution is 5.94. The first-order chi connectivity index (χ1) is 37.1. The first kappa shape index (κ1) is 56.2. The summed E-state index contributed by atoms with van der Waals surface area (Å²) in [6.45, 7) is 21.3. The molecule has 8 fully saturated rings. The van der Waals surface area contributed by atoms with Crippen molar-refractivity contribution in [3.63, 3.8) is 0 Å². The highest BCUT2D eigenvalue weighted by atomic mass is 16.6. The number of rotatable bonds is 9. The SMILES string of the molecule is CC(C)(C)OC(=O)N1CCC2(CC(Nc3ncc(C(=O)N4CCOCC4)cn3)C2)C1.CC(C)(C)OC(=O)N1CCC2(CC(Nc3ncc(C(=O)O)cn3)C2)C1.O=C(c1cnc(NC2CC3(CCNC3)C2)nc1)N1CCOCC1. The summed E-state index contributed by atoms with van der Waals surface area (Å²) in [4.78, 5) is 92.6. The van der Waals surface area contributed by atoms with Gasteiger partial charge in [0.05, 0.1) is 43.1 Å². The molecule has 0 aromatic carbocycles. The third-order valence-electron chi connectivity index (χ3n) is 15.9. The van der Waals surface area contributed by atoms with E-state index in [2.05, 4.69) is 51.2 Å². The smallest absolute Gasteiger partial charge is 0.410 e. The van der Waals surface area contributed by atoms with Crippen LogP contribution >= 0.6 is 0 Å². The minimum Gasteiger partial charge on any atom is -0.478 e. The maximum absolute atomic E-state index is 12.5. The molecule has 8 heterocycles. The van der Waals surface area contributed by atoms with E-state index in [1.807, 2.05) is 46.4 Å². The molecule has 11 rings (SSSR count). The van der Waals surface area contributed by atoms with Gasteiger partial charge in [-0.2, -0.15) is 0 Å². The van der Waals surface area contributed by atoms with Crippen molar-refractivity contribution in [1.29, 1.82) is 0 Å². The topological polar surface area (TPSA) is 281 Å². The first-order valence-corrected chi connectivity index (χ1v) is 27.5. The molecule has 3 aliphatic carbocycles. The molecule has 3 aromatic heterocycles. The molecular weight excluding hydrogens is 1000 g/mol. The van der Waals surface area contributed by atoms with Gasteiger partial charge in [-0.1, -0.05) is 0 Å². The Bertz CT molecular complexity index is 2560. The van der Waals surface area contributed by atoms with Gasteiger partial charge in [-0.25, -0.2) is 44.3 Å². The monoisotopic (exact) mass is 1080 g/mol. The summed E-state index contributed by atoms with van der Waals surface area (Å²) in [6, 6.07) is 0.981. The fourth-order valence-electron chi connectivity index (χ4n) is 11.9. The number of carboxylic acid groups (broad SMARTS) is 1. The summed E-state index contributed by atoms with van der Waals surface area (Å²) in [5, 5.41) is 22.3. The number of morpholine rings is 2. The minimum atomic E-state index is -1.04. The van der Waals surface area contributed by atoms with Crippen LogP contribution in [0.4, 0.5) is 27.4 Å². The second-order valence-electron chi connectivity index (χ2n) is 24.5. The fraction of sp³-hybridized carbons (Fsp3) is 0.685. The summed E-state index contributed by atoms with van der Waals surface area (Å²) in [6.07, 6.45) is 18.0. The molecule has 4 amide bonds. The number of carbonyl (C=O) groups excluding carboxylic acids is 4. The zero-order valence-corrected chi connectivity index (χ0v) is 46.1. The van der Waals surface area contributed by atoms with Crippen molar-refractivity contribution in [3.8, 4) is 0 Å². The number of amides is 4. The Hall–Kier alpha value is -6.53. The van der Waals surface area contributed by atoms with Gasteiger partial charge in [0.15, 0.2) is 0 Å². The van der Waals surface area contributed by atoms with E-state index in [0.29, 0.717) is 93.0 Å². The van der Waals surface area contributed by atoms with E-state index in [0.717, 1.165) is 77.8 Å². The van der Waals surface area contributed by atoms with Crippen molar-refractivity contribution in [3.05, 3.63) is 53.9 Å². The van der Waals surface area contributed by atoms with Crippen LogP contribution < -0.4 is 21.3 Å². The average molecular weight is 1080 g/mol. The largest absolute Gasteiger partial charge is 0.478 e. The van der Waals surface area contributed by atoms with Gasteiger partial charge in [-0.3, -0.25) is 9.59 Å². The molecule has 5 saturated heterocycles. The summed E-state index contributed by atoms with van der Waals surface area (Å²) >= 11 is 0. The van der Waals surface area contributed by atoms with Crippen LogP contribution in [0.15, 0.2) is 37.2 Å². The highest BCUT2D eigenvalue weighted by Crippen LogP contribution is 2.50. The number of ether oxygens (including phenoxy) is 4. The van der Waals surface area contributed by atoms with E-state index in [1.165, 1.54) is 31.7 Å². The lowest BCUT2D eigenvalue weighted by atomic mass is 9.65. The second-order valence-corrected chi connectivity index (χ2v) is 24.5. The lowest BCUT2D eigenvalue weighted by Crippen LogP contribution is -2.48. The van der Waals surface area contributed by atoms with Gasteiger partial charge < -0.3 is 64.9 Å². The van der Waals surface area contributed by atoms with Gasteiger partial charge in [0.2, 0.25) is 17.8 Å². The third-order valence-corrected chi connectivity index (χ3v) is 15.9. The molecule has 0 bridgehead atoms. The number of carboxylic acids is 1. The quantitative estimate of drug-likeness (QED) is 0.188. The maximum Gasteiger partial charge on any atom is 0.410 e. The van der Waals surface area contributed by atoms with Crippen LogP contribution in [0, 0.1) is 16.2 Å². The molecule has 0 atom stereocenters. The van der Waals surface area contributed by atoms with Crippen molar-refractivity contribution in [1.82, 2.24) is 54.8 Å². The second kappa shape index (κ2) is 23.4. The Morgan fingerprint density at radius 3 is 1.19 bits per heavy atom. The minimum absolute atomic E-state index is 0.0144. The average Bonchev–Trinajstić information content (AvgIpc) is 4.20. The van der Waals surface area contributed by atoms with Gasteiger partial charge in [0, 0.05) is 114 Å². The number of likely N-dealkylation sites (tertiary alicyclic amines) is 2. The number of aromatic carboxylic acids is 1. The van der Waals surface area contributed by atoms with Crippen molar-refractivity contribution in [2.75, 3.05) is 108 Å². The van der Waals surface area contributed by atoms with Crippen molar-refractivity contribution < 1.29 is 48.0 Å². The molecule has 3 spiro atoms. The summed E-state index contributed by atoms with van der Waals surface area (Å²) in [5.41, 5.74) is 0.984. The Balaban J connectivity index is 0.000000144. The molecule has 5 N–H and O–H groups in total. The van der Waals surface area contributed by atoms with Crippen LogP contribution in [0.25, 0.3) is 0 Å². The van der Waals surface area contributed by atoms with Gasteiger partial charge >= 0.3 is 18.2 Å². The zero-order chi connectivity index (χ0) is 55.3. The number of hydrogen-bond donors (Lipinski definition) is 5. The van der Waals surface area contributed by atoms with Crippen LogP contribution in [0.3, 0.4) is 0 Å². The van der Waals surface area contributed by atoms with E-state index >= 15 is 0 Å². The summed E-state index contributed by atoms with van der Waals surface area (Å²) < 4.78 is 21.5. The predicted molar refractivity (Wildman–Crippen MR) is 286 cm³/mol. The molecule has 0 radical (unpaired) electrons. The van der Waals surface area contributed by atoms with Gasteiger partial charge in [0.25, 0.3) is 11.8 Å². The van der Waals surface area contributed by atoms with E-state index in [-0.39, 0.29) is 52.5 Å². The number of carbonyl (C=O) groups is 5. The van der Waals surface area contributed by atoms with Crippen LogP contribution in [-0.4, -0.2) is 206 Å². The van der Waals surface area contributed by atoms with Gasteiger partial charge in [0.1, 0.15) is 11.2 Å². The molecule has 3 saturated carbocycles. The van der Waals surface area contributed by atoms with E-state index < -0.39 is 17.2 Å². The predicted octanol–water partition coefficient (Wildman–Crippen LogP) is 5.03. The molecule has 5 aliphatic heterocycles. The lowest BCUT2D eigenvalue weighted by Gasteiger charge is -2.45. The standard InChI is InChI=1S/C21H31N5O4.C17H24N4O4.C16H23N5O2/c1-20(2,3)30-19(28)26-5-4-21(14-26)10-16(11-21)24-18-22-12-15(13-23-18)17(27)25-6-8-29-9-7-25;1-16(2,3)25-15(24)21-5-4-17(10-21)6-12(7-17)20-14-18-8-11(9-19-14)13(22)23;22-14(21-3-5-23-6-4-21)12-9-18-15(19-10-12)20-13-7-16(8-13)1-2-17-11-16/h12-13,16H,4-11,14H2,1-3H3,(H,22,23,24);8-9,12H,4-7,10H2,1-3H3,(H,22,23)(H,18,19,20);9-10,13,17H,1-8,11H2,(H,18,19,20). The number of anilines is 3. The fourth-order valence-corrected chi connectivity index (χ4v) is 11.9. The first-order valence-electron chi connectivity index (χ1n) is 27.5. The van der Waals surface area contributed by atoms with Crippen LogP contribution in [0.1, 0.15) is 130 Å². The van der Waals surface area contributed by atoms with E-state index in [1.54, 1.807) is 39.5 Å². The number of nitrogens with zero attached hydrogens (tertiary/aromatic N) is 10. The van der Waals surface area contributed by atoms with Gasteiger partial charge in [-0.15, -0.1) is 0 Å². The van der Waals surface area contributed by atoms with Crippen LogP contribution in [-0.2, 0) is 18.9 Å². The van der Waals surface area contributed by atoms with Crippen LogP contribution in [0.5, 0.6) is 0 Å². The summed E-state index contributed by atoms with van der Waals surface area (Å²) in [7, 11) is 0. The lowest BCUT2D eigenvalue weighted by molar-refractivity contribution is 0.0229. The Labute approximate surface area is 455 Å². The van der Waals surface area contributed by atoms with E-state index in [4.69, 9.17) is 24.1 Å². The molecule has 8 aliphatic rings. The molecule has 24 heteroatoms. The number of aromatic nitrogens is 6.